The van der Waals surface area contributed by atoms with Gasteiger partial charge in [-0.3, -0.25) is 0 Å². The van der Waals surface area contributed by atoms with Crippen molar-refractivity contribution < 1.29 is 18.3 Å². The summed E-state index contributed by atoms with van der Waals surface area (Å²) >= 11 is 0. The number of nitrogens with zero attached hydrogens (tertiary/aromatic N) is 1. The van der Waals surface area contributed by atoms with Gasteiger partial charge in [0.25, 0.3) is 6.43 Å². The Morgan fingerprint density at radius 2 is 1.77 bits per heavy atom. The van der Waals surface area contributed by atoms with Crippen LogP contribution in [0.3, 0.4) is 0 Å². The Bertz CT molecular complexity index is 505. The third kappa shape index (κ3) is 3.67. The number of benzene rings is 1. The van der Waals surface area contributed by atoms with Gasteiger partial charge in [0.1, 0.15) is 0 Å². The summed E-state index contributed by atoms with van der Waals surface area (Å²) in [5.74, 6) is 1.04. The minimum absolute atomic E-state index is 0.0689. The van der Waals surface area contributed by atoms with E-state index in [9.17, 15) is 8.78 Å². The Morgan fingerprint density at radius 1 is 1.09 bits per heavy atom. The minimum atomic E-state index is -2.49. The molecule has 0 atom stereocenters. The number of piperazine rings is 1. The molecule has 0 saturated carbocycles. The van der Waals surface area contributed by atoms with E-state index >= 15 is 0 Å². The molecule has 3 rings (SSSR count). The van der Waals surface area contributed by atoms with Crippen LogP contribution < -0.4 is 14.8 Å². The van der Waals surface area contributed by atoms with Gasteiger partial charge in [-0.25, -0.2) is 8.78 Å². The van der Waals surface area contributed by atoms with Gasteiger partial charge in [-0.15, -0.1) is 0 Å². The molecule has 4 nitrogen and oxygen atoms in total. The highest BCUT2D eigenvalue weighted by Gasteiger charge is 2.20. The fourth-order valence-electron chi connectivity index (χ4n) is 2.90. The zero-order valence-corrected chi connectivity index (χ0v) is 12.6. The number of alkyl halides is 2. The lowest BCUT2D eigenvalue weighted by Crippen LogP contribution is -2.44. The molecule has 0 radical (unpaired) electrons. The second-order valence-electron chi connectivity index (χ2n) is 5.69. The number of hydrogen-bond donors (Lipinski definition) is 1. The highest BCUT2D eigenvalue weighted by atomic mass is 19.3. The SMILES string of the molecule is FC(F)c1cc2c(cc1CCN1CCNCC1)OCCCO2. The smallest absolute Gasteiger partial charge is 0.264 e. The third-order valence-electron chi connectivity index (χ3n) is 4.15. The monoisotopic (exact) mass is 312 g/mol. The zero-order valence-electron chi connectivity index (χ0n) is 12.6. The van der Waals surface area contributed by atoms with E-state index in [-0.39, 0.29) is 5.56 Å². The van der Waals surface area contributed by atoms with Crippen molar-refractivity contribution in [2.24, 2.45) is 0 Å². The van der Waals surface area contributed by atoms with E-state index in [0.717, 1.165) is 39.1 Å². The van der Waals surface area contributed by atoms with Crippen LogP contribution in [0, 0.1) is 0 Å². The van der Waals surface area contributed by atoms with Crippen molar-refractivity contribution in [3.8, 4) is 11.5 Å². The first kappa shape index (κ1) is 15.5. The average Bonchev–Trinajstić information content (AvgIpc) is 2.77. The van der Waals surface area contributed by atoms with Crippen LogP contribution in [0.1, 0.15) is 24.0 Å². The maximum Gasteiger partial charge on any atom is 0.264 e. The molecule has 1 N–H and O–H groups in total. The summed E-state index contributed by atoms with van der Waals surface area (Å²) in [5, 5.41) is 3.29. The summed E-state index contributed by atoms with van der Waals surface area (Å²) in [6.07, 6.45) is -1.11. The summed E-state index contributed by atoms with van der Waals surface area (Å²) in [5.41, 5.74) is 0.733. The second kappa shape index (κ2) is 7.24. The van der Waals surface area contributed by atoms with E-state index in [1.807, 2.05) is 0 Å². The molecular weight excluding hydrogens is 290 g/mol. The van der Waals surface area contributed by atoms with Crippen molar-refractivity contribution in [2.45, 2.75) is 19.3 Å². The Kier molecular flexibility index (Phi) is 5.10. The van der Waals surface area contributed by atoms with Crippen LogP contribution in [-0.2, 0) is 6.42 Å². The standard InChI is InChI=1S/C16H22F2N2O2/c17-16(18)13-11-15-14(21-8-1-9-22-15)10-12(13)2-5-20-6-3-19-4-7-20/h10-11,16,19H,1-9H2. The first-order valence-electron chi connectivity index (χ1n) is 7.87. The quantitative estimate of drug-likeness (QED) is 0.924. The number of ether oxygens (including phenoxy) is 2. The first-order valence-corrected chi connectivity index (χ1v) is 7.87. The molecule has 1 fully saturated rings. The van der Waals surface area contributed by atoms with Crippen molar-refractivity contribution in [1.82, 2.24) is 10.2 Å². The molecule has 1 aromatic rings. The Hall–Kier alpha value is -1.40. The van der Waals surface area contributed by atoms with Gasteiger partial charge in [-0.2, -0.15) is 0 Å². The first-order chi connectivity index (χ1) is 10.7. The van der Waals surface area contributed by atoms with Crippen molar-refractivity contribution in [2.75, 3.05) is 45.9 Å². The number of hydrogen-bond acceptors (Lipinski definition) is 4. The molecular formula is C16H22F2N2O2. The summed E-state index contributed by atoms with van der Waals surface area (Å²) in [6.45, 7) is 5.73. The maximum atomic E-state index is 13.3. The predicted octanol–water partition coefficient (Wildman–Crippen LogP) is 2.23. The van der Waals surface area contributed by atoms with E-state index in [4.69, 9.17) is 9.47 Å². The lowest BCUT2D eigenvalue weighted by molar-refractivity contribution is 0.149. The zero-order chi connectivity index (χ0) is 15.4. The van der Waals surface area contributed by atoms with E-state index in [1.54, 1.807) is 6.07 Å². The molecule has 0 spiro atoms. The number of rotatable bonds is 4. The van der Waals surface area contributed by atoms with Gasteiger partial charge in [0.05, 0.1) is 13.2 Å². The average molecular weight is 312 g/mol. The summed E-state index contributed by atoms with van der Waals surface area (Å²) in [4.78, 5) is 2.30. The maximum absolute atomic E-state index is 13.3. The van der Waals surface area contributed by atoms with Gasteiger partial charge in [0.2, 0.25) is 0 Å². The molecule has 1 saturated heterocycles. The molecule has 2 aliphatic heterocycles. The van der Waals surface area contributed by atoms with Gasteiger partial charge in [-0.05, 0) is 24.1 Å². The largest absolute Gasteiger partial charge is 0.490 e. The van der Waals surface area contributed by atoms with E-state index in [0.29, 0.717) is 36.7 Å². The lowest BCUT2D eigenvalue weighted by atomic mass is 10.0. The van der Waals surface area contributed by atoms with Crippen molar-refractivity contribution >= 4 is 0 Å². The fraction of sp³-hybridized carbons (Fsp3) is 0.625. The number of halogens is 2. The van der Waals surface area contributed by atoms with Crippen LogP contribution in [0.2, 0.25) is 0 Å². The number of nitrogens with one attached hydrogen (secondary N) is 1. The van der Waals surface area contributed by atoms with Gasteiger partial charge in [-0.1, -0.05) is 0 Å². The van der Waals surface area contributed by atoms with Gasteiger partial charge in [0, 0.05) is 44.7 Å². The molecule has 2 aliphatic rings. The topological polar surface area (TPSA) is 33.7 Å². The van der Waals surface area contributed by atoms with E-state index in [2.05, 4.69) is 10.2 Å². The fourth-order valence-corrected chi connectivity index (χ4v) is 2.90. The van der Waals surface area contributed by atoms with Crippen LogP contribution >= 0.6 is 0 Å². The van der Waals surface area contributed by atoms with E-state index < -0.39 is 6.43 Å². The molecule has 22 heavy (non-hydrogen) atoms. The molecule has 0 bridgehead atoms. The molecule has 1 aromatic carbocycles. The van der Waals surface area contributed by atoms with E-state index in [1.165, 1.54) is 6.07 Å². The van der Waals surface area contributed by atoms with Crippen molar-refractivity contribution in [3.05, 3.63) is 23.3 Å². The van der Waals surface area contributed by atoms with Crippen molar-refractivity contribution in [1.29, 1.82) is 0 Å². The molecule has 6 heteroatoms. The van der Waals surface area contributed by atoms with Crippen LogP contribution in [0.4, 0.5) is 8.78 Å². The normalized spacial score (nSPS) is 19.2. The molecule has 0 amide bonds. The van der Waals surface area contributed by atoms with Gasteiger partial charge >= 0.3 is 0 Å². The molecule has 0 aliphatic carbocycles. The Balaban J connectivity index is 1.77. The summed E-state index contributed by atoms with van der Waals surface area (Å²) in [6, 6.07) is 3.20. The van der Waals surface area contributed by atoms with Crippen LogP contribution in [-0.4, -0.2) is 50.8 Å². The number of fused-ring (bicyclic) bond motifs is 1. The van der Waals surface area contributed by atoms with Crippen LogP contribution in [0.5, 0.6) is 11.5 Å². The Labute approximate surface area is 129 Å². The highest BCUT2D eigenvalue weighted by Crippen LogP contribution is 2.36. The molecule has 2 heterocycles. The third-order valence-corrected chi connectivity index (χ3v) is 4.15. The van der Waals surface area contributed by atoms with Crippen molar-refractivity contribution in [3.63, 3.8) is 0 Å². The predicted molar refractivity (Wildman–Crippen MR) is 80.0 cm³/mol. The second-order valence-corrected chi connectivity index (χ2v) is 5.69. The highest BCUT2D eigenvalue weighted by molar-refractivity contribution is 5.48. The summed E-state index contributed by atoms with van der Waals surface area (Å²) < 4.78 is 37.8. The van der Waals surface area contributed by atoms with Gasteiger partial charge < -0.3 is 19.7 Å². The van der Waals surface area contributed by atoms with Crippen LogP contribution in [0.15, 0.2) is 12.1 Å². The Morgan fingerprint density at radius 3 is 2.45 bits per heavy atom. The minimum Gasteiger partial charge on any atom is -0.490 e. The summed E-state index contributed by atoms with van der Waals surface area (Å²) in [7, 11) is 0. The van der Waals surface area contributed by atoms with Gasteiger partial charge in [0.15, 0.2) is 11.5 Å². The lowest BCUT2D eigenvalue weighted by Gasteiger charge is -2.27. The van der Waals surface area contributed by atoms with Crippen LogP contribution in [0.25, 0.3) is 0 Å². The molecule has 0 aromatic heterocycles. The molecule has 122 valence electrons. The molecule has 0 unspecified atom stereocenters.